The Hall–Kier alpha value is -0.170. The Balaban J connectivity index is 2.58. The lowest BCUT2D eigenvalue weighted by atomic mass is 9.86. The second-order valence-corrected chi connectivity index (χ2v) is 7.76. The predicted octanol–water partition coefficient (Wildman–Crippen LogP) is 0.800. The zero-order chi connectivity index (χ0) is 14.0. The number of ether oxygens (including phenoxy) is 1. The first-order valence-corrected chi connectivity index (χ1v) is 8.27. The number of piperidine rings is 1. The summed E-state index contributed by atoms with van der Waals surface area (Å²) in [4.78, 5) is 0. The van der Waals surface area contributed by atoms with Gasteiger partial charge in [0.1, 0.15) is 0 Å². The van der Waals surface area contributed by atoms with Gasteiger partial charge in [0.2, 0.25) is 10.0 Å². The Kier molecular flexibility index (Phi) is 5.17. The van der Waals surface area contributed by atoms with Gasteiger partial charge in [0.05, 0.1) is 11.9 Å². The molecule has 1 heterocycles. The molecule has 0 aliphatic carbocycles. The van der Waals surface area contributed by atoms with Gasteiger partial charge >= 0.3 is 0 Å². The summed E-state index contributed by atoms with van der Waals surface area (Å²) in [7, 11) is -1.42. The van der Waals surface area contributed by atoms with Crippen LogP contribution in [-0.4, -0.2) is 50.8 Å². The molecule has 0 bridgehead atoms. The zero-order valence-corrected chi connectivity index (χ0v) is 12.7. The Labute approximate surface area is 111 Å². The van der Waals surface area contributed by atoms with Crippen molar-refractivity contribution in [2.45, 2.75) is 44.8 Å². The summed E-state index contributed by atoms with van der Waals surface area (Å²) in [6.45, 7) is 5.16. The molecule has 1 rings (SSSR count). The van der Waals surface area contributed by atoms with Crippen LogP contribution in [0.2, 0.25) is 0 Å². The van der Waals surface area contributed by atoms with Gasteiger partial charge in [-0.2, -0.15) is 0 Å². The van der Waals surface area contributed by atoms with E-state index in [1.807, 2.05) is 13.8 Å². The van der Waals surface area contributed by atoms with Crippen molar-refractivity contribution in [3.8, 4) is 0 Å². The Bertz CT molecular complexity index is 368. The van der Waals surface area contributed by atoms with Crippen molar-refractivity contribution in [1.82, 2.24) is 4.31 Å². The number of nitrogens with two attached hydrogens (primary N) is 1. The molecule has 5 nitrogen and oxygen atoms in total. The third-order valence-corrected chi connectivity index (χ3v) is 5.23. The highest BCUT2D eigenvalue weighted by atomic mass is 32.2. The largest absolute Gasteiger partial charge is 0.377 e. The number of methoxy groups -OCH3 is 1. The first-order chi connectivity index (χ1) is 8.16. The first kappa shape index (κ1) is 15.9. The molecule has 0 aromatic heterocycles. The Morgan fingerprint density at radius 1 is 1.50 bits per heavy atom. The van der Waals surface area contributed by atoms with E-state index < -0.39 is 10.0 Å². The minimum absolute atomic E-state index is 0.0768. The molecule has 0 spiro atoms. The average molecular weight is 278 g/mol. The van der Waals surface area contributed by atoms with E-state index in [2.05, 4.69) is 0 Å². The summed E-state index contributed by atoms with van der Waals surface area (Å²) in [6, 6.07) is -0.0768. The number of nitrogens with zero attached hydrogens (tertiary/aromatic N) is 1. The van der Waals surface area contributed by atoms with E-state index in [0.717, 1.165) is 19.3 Å². The summed E-state index contributed by atoms with van der Waals surface area (Å²) < 4.78 is 30.0. The molecule has 1 saturated heterocycles. The number of hydrogen-bond acceptors (Lipinski definition) is 4. The fourth-order valence-corrected chi connectivity index (χ4v) is 3.26. The van der Waals surface area contributed by atoms with Crippen LogP contribution >= 0.6 is 0 Å². The quantitative estimate of drug-likeness (QED) is 0.807. The molecule has 6 heteroatoms. The smallest absolute Gasteiger partial charge is 0.211 e. The maximum Gasteiger partial charge on any atom is 0.211 e. The van der Waals surface area contributed by atoms with Crippen LogP contribution in [0.1, 0.15) is 33.1 Å². The summed E-state index contributed by atoms with van der Waals surface area (Å²) in [6.07, 6.45) is 4.03. The molecule has 0 amide bonds. The summed E-state index contributed by atoms with van der Waals surface area (Å²) in [5, 5.41) is 0. The molecule has 2 atom stereocenters. The van der Waals surface area contributed by atoms with Gasteiger partial charge < -0.3 is 10.5 Å². The van der Waals surface area contributed by atoms with Crippen LogP contribution in [-0.2, 0) is 14.8 Å². The lowest BCUT2D eigenvalue weighted by Crippen LogP contribution is -2.48. The van der Waals surface area contributed by atoms with Gasteiger partial charge in [-0.3, -0.25) is 0 Å². The van der Waals surface area contributed by atoms with E-state index in [4.69, 9.17) is 10.5 Å². The van der Waals surface area contributed by atoms with E-state index in [1.165, 1.54) is 6.26 Å². The van der Waals surface area contributed by atoms with Crippen LogP contribution in [0, 0.1) is 5.92 Å². The molecular formula is C12H26N2O3S. The van der Waals surface area contributed by atoms with Crippen molar-refractivity contribution in [2.75, 3.05) is 26.5 Å². The van der Waals surface area contributed by atoms with Gasteiger partial charge in [0.15, 0.2) is 0 Å². The zero-order valence-electron chi connectivity index (χ0n) is 11.8. The molecule has 2 unspecified atom stereocenters. The molecule has 1 fully saturated rings. The van der Waals surface area contributed by atoms with Crippen molar-refractivity contribution in [3.63, 3.8) is 0 Å². The maximum absolute atomic E-state index is 11.5. The fraction of sp³-hybridized carbons (Fsp3) is 1.00. The first-order valence-electron chi connectivity index (χ1n) is 6.42. The minimum atomic E-state index is -3.07. The minimum Gasteiger partial charge on any atom is -0.377 e. The van der Waals surface area contributed by atoms with Crippen molar-refractivity contribution in [2.24, 2.45) is 11.7 Å². The Morgan fingerprint density at radius 3 is 2.61 bits per heavy atom. The Morgan fingerprint density at radius 2 is 2.11 bits per heavy atom. The standard InChI is InChI=1S/C12H26N2O3S/c1-12(2,17-3)11(13)8-10-6-5-7-14(9-10)18(4,15)16/h10-11H,5-9,13H2,1-4H3. The van der Waals surface area contributed by atoms with E-state index in [9.17, 15) is 8.42 Å². The lowest BCUT2D eigenvalue weighted by molar-refractivity contribution is -0.00737. The molecule has 0 radical (unpaired) electrons. The van der Waals surface area contributed by atoms with Crippen molar-refractivity contribution in [1.29, 1.82) is 0 Å². The van der Waals surface area contributed by atoms with Crippen LogP contribution in [0.25, 0.3) is 0 Å². The van der Waals surface area contributed by atoms with Gasteiger partial charge in [-0.05, 0) is 39.0 Å². The number of hydrogen-bond donors (Lipinski definition) is 1. The average Bonchev–Trinajstić information content (AvgIpc) is 2.28. The van der Waals surface area contributed by atoms with E-state index in [-0.39, 0.29) is 11.6 Å². The monoisotopic (exact) mass is 278 g/mol. The highest BCUT2D eigenvalue weighted by Crippen LogP contribution is 2.26. The second kappa shape index (κ2) is 5.86. The number of sulfonamides is 1. The van der Waals surface area contributed by atoms with E-state index in [1.54, 1.807) is 11.4 Å². The van der Waals surface area contributed by atoms with Crippen LogP contribution in [0.4, 0.5) is 0 Å². The highest BCUT2D eigenvalue weighted by Gasteiger charge is 2.32. The van der Waals surface area contributed by atoms with Crippen LogP contribution in [0.3, 0.4) is 0 Å². The van der Waals surface area contributed by atoms with Crippen LogP contribution in [0.5, 0.6) is 0 Å². The second-order valence-electron chi connectivity index (χ2n) is 5.78. The van der Waals surface area contributed by atoms with E-state index >= 15 is 0 Å². The van der Waals surface area contributed by atoms with E-state index in [0.29, 0.717) is 19.0 Å². The molecule has 2 N–H and O–H groups in total. The molecule has 108 valence electrons. The maximum atomic E-state index is 11.5. The van der Waals surface area contributed by atoms with Gasteiger partial charge in [0.25, 0.3) is 0 Å². The molecule has 0 aromatic rings. The van der Waals surface area contributed by atoms with Crippen molar-refractivity contribution < 1.29 is 13.2 Å². The van der Waals surface area contributed by atoms with Crippen LogP contribution < -0.4 is 5.73 Å². The van der Waals surface area contributed by atoms with Crippen LogP contribution in [0.15, 0.2) is 0 Å². The molecular weight excluding hydrogens is 252 g/mol. The third kappa shape index (κ3) is 4.19. The molecule has 0 saturated carbocycles. The molecule has 1 aliphatic rings. The van der Waals surface area contributed by atoms with Gasteiger partial charge in [-0.25, -0.2) is 12.7 Å². The van der Waals surface area contributed by atoms with Crippen molar-refractivity contribution in [3.05, 3.63) is 0 Å². The summed E-state index contributed by atoms with van der Waals surface area (Å²) in [5.74, 6) is 0.331. The van der Waals surface area contributed by atoms with Crippen molar-refractivity contribution >= 4 is 10.0 Å². The third-order valence-electron chi connectivity index (χ3n) is 3.96. The summed E-state index contributed by atoms with van der Waals surface area (Å²) in [5.41, 5.74) is 5.79. The summed E-state index contributed by atoms with van der Waals surface area (Å²) >= 11 is 0. The predicted molar refractivity (Wildman–Crippen MR) is 72.8 cm³/mol. The normalized spacial score (nSPS) is 25.1. The topological polar surface area (TPSA) is 72.6 Å². The van der Waals surface area contributed by atoms with Gasteiger partial charge in [-0.1, -0.05) is 0 Å². The molecule has 1 aliphatic heterocycles. The highest BCUT2D eigenvalue weighted by molar-refractivity contribution is 7.88. The molecule has 0 aromatic carbocycles. The van der Waals surface area contributed by atoms with Gasteiger partial charge in [0, 0.05) is 26.2 Å². The fourth-order valence-electron chi connectivity index (χ4n) is 2.31. The number of rotatable bonds is 5. The SMILES string of the molecule is COC(C)(C)C(N)CC1CCCN(S(C)(=O)=O)C1. The molecule has 18 heavy (non-hydrogen) atoms. The lowest BCUT2D eigenvalue weighted by Gasteiger charge is -2.36. The van der Waals surface area contributed by atoms with Gasteiger partial charge in [-0.15, -0.1) is 0 Å².